The molecule has 0 saturated carbocycles. The zero-order valence-corrected chi connectivity index (χ0v) is 30.6. The van der Waals surface area contributed by atoms with Crippen molar-refractivity contribution in [1.82, 2.24) is 10.2 Å². The minimum atomic E-state index is -1.37. The monoisotopic (exact) mass is 584 g/mol. The molecule has 0 aromatic rings. The van der Waals surface area contributed by atoms with Crippen LogP contribution >= 0.6 is 11.8 Å². The van der Waals surface area contributed by atoms with Gasteiger partial charge in [-0.3, -0.25) is 0 Å². The van der Waals surface area contributed by atoms with Crippen LogP contribution in [0.15, 0.2) is 11.6 Å². The van der Waals surface area contributed by atoms with Crippen molar-refractivity contribution in [2.24, 2.45) is 17.8 Å². The van der Waals surface area contributed by atoms with Crippen LogP contribution in [0.3, 0.4) is 0 Å². The number of carboxylic acids is 2. The van der Waals surface area contributed by atoms with Gasteiger partial charge in [0.15, 0.2) is 0 Å². The second-order valence-electron chi connectivity index (χ2n) is 11.4. The van der Waals surface area contributed by atoms with Crippen LogP contribution in [0, 0.1) is 17.8 Å². The SMILES string of the molecule is C/C(=C\CSCC(NC(=O)N1CCCC1C(=O)[O-])C(=O)[O-])CCCC(C)CCCC(C)CCCC(C)C.[Na+].[Na+]. The molecular weight excluding hydrogens is 534 g/mol. The van der Waals surface area contributed by atoms with Gasteiger partial charge in [0, 0.05) is 18.1 Å². The summed E-state index contributed by atoms with van der Waals surface area (Å²) in [6.45, 7) is 11.7. The number of urea groups is 1. The maximum atomic E-state index is 12.4. The van der Waals surface area contributed by atoms with E-state index < -0.39 is 30.1 Å². The molecule has 4 unspecified atom stereocenters. The third-order valence-electron chi connectivity index (χ3n) is 7.34. The van der Waals surface area contributed by atoms with E-state index in [4.69, 9.17) is 0 Å². The van der Waals surface area contributed by atoms with E-state index in [-0.39, 0.29) is 71.4 Å². The number of carboxylic acid groups (broad SMARTS) is 2. The fraction of sp³-hybridized carbons (Fsp3) is 0.828. The molecule has 1 N–H and O–H groups in total. The van der Waals surface area contributed by atoms with Gasteiger partial charge in [-0.1, -0.05) is 84.3 Å². The molecule has 1 fully saturated rings. The van der Waals surface area contributed by atoms with Crippen molar-refractivity contribution in [3.63, 3.8) is 0 Å². The summed E-state index contributed by atoms with van der Waals surface area (Å²) in [4.78, 5) is 36.1. The number of nitrogens with zero attached hydrogens (tertiary/aromatic N) is 1. The molecule has 214 valence electrons. The maximum Gasteiger partial charge on any atom is 1.00 e. The van der Waals surface area contributed by atoms with Crippen LogP contribution in [-0.2, 0) is 9.59 Å². The molecule has 1 aliphatic heterocycles. The molecular formula is C29H50N2Na2O5S. The smallest absolute Gasteiger partial charge is 0.548 e. The number of aliphatic carboxylic acids is 2. The minimum absolute atomic E-state index is 0. The number of allylic oxidation sites excluding steroid dienone is 1. The number of carbonyl (C=O) groups excluding carboxylic acids is 3. The molecule has 0 aromatic heterocycles. The Labute approximate surface area is 286 Å². The Bertz CT molecular complexity index is 738. The largest absolute Gasteiger partial charge is 1.00 e. The summed E-state index contributed by atoms with van der Waals surface area (Å²) < 4.78 is 0. The molecule has 4 atom stereocenters. The van der Waals surface area contributed by atoms with Crippen molar-refractivity contribution in [2.45, 2.75) is 117 Å². The number of hydrogen-bond acceptors (Lipinski definition) is 6. The Morgan fingerprint density at radius 3 is 2.05 bits per heavy atom. The average Bonchev–Trinajstić information content (AvgIpc) is 3.31. The maximum absolute atomic E-state index is 12.4. The predicted molar refractivity (Wildman–Crippen MR) is 148 cm³/mol. The fourth-order valence-corrected chi connectivity index (χ4v) is 5.85. The van der Waals surface area contributed by atoms with Gasteiger partial charge in [0.05, 0.1) is 24.0 Å². The van der Waals surface area contributed by atoms with E-state index in [1.807, 2.05) is 0 Å². The van der Waals surface area contributed by atoms with Gasteiger partial charge in [-0.25, -0.2) is 4.79 Å². The molecule has 0 bridgehead atoms. The molecule has 2 amide bonds. The van der Waals surface area contributed by atoms with Gasteiger partial charge in [-0.2, -0.15) is 11.8 Å². The molecule has 39 heavy (non-hydrogen) atoms. The molecule has 7 nitrogen and oxygen atoms in total. The number of amides is 2. The molecule has 1 rings (SSSR count). The summed E-state index contributed by atoms with van der Waals surface area (Å²) in [5.74, 6) is 0.509. The van der Waals surface area contributed by atoms with Crippen LogP contribution in [0.25, 0.3) is 0 Å². The quantitative estimate of drug-likeness (QED) is 0.109. The summed E-state index contributed by atoms with van der Waals surface area (Å²) in [7, 11) is 0. The molecule has 0 aromatic carbocycles. The normalized spacial score (nSPS) is 17.6. The van der Waals surface area contributed by atoms with Crippen LogP contribution in [0.2, 0.25) is 0 Å². The zero-order valence-electron chi connectivity index (χ0n) is 25.8. The summed E-state index contributed by atoms with van der Waals surface area (Å²) in [6, 6.07) is -2.87. The van der Waals surface area contributed by atoms with Crippen LogP contribution in [0.1, 0.15) is 105 Å². The van der Waals surface area contributed by atoms with E-state index in [1.54, 1.807) is 0 Å². The Kier molecular flexibility index (Phi) is 25.3. The zero-order chi connectivity index (χ0) is 27.8. The topological polar surface area (TPSA) is 113 Å². The minimum Gasteiger partial charge on any atom is -0.548 e. The number of rotatable bonds is 19. The Balaban J connectivity index is 0. The van der Waals surface area contributed by atoms with Gasteiger partial charge in [-0.05, 0) is 50.4 Å². The first-order valence-electron chi connectivity index (χ1n) is 14.2. The van der Waals surface area contributed by atoms with Crippen molar-refractivity contribution in [2.75, 3.05) is 18.1 Å². The van der Waals surface area contributed by atoms with Gasteiger partial charge in [0.25, 0.3) is 0 Å². The van der Waals surface area contributed by atoms with Crippen LogP contribution < -0.4 is 74.6 Å². The molecule has 1 heterocycles. The predicted octanol–water partition coefficient (Wildman–Crippen LogP) is -1.84. The van der Waals surface area contributed by atoms with E-state index in [0.29, 0.717) is 18.6 Å². The summed E-state index contributed by atoms with van der Waals surface area (Å²) in [5.41, 5.74) is 1.29. The summed E-state index contributed by atoms with van der Waals surface area (Å²) >= 11 is 1.41. The van der Waals surface area contributed by atoms with Gasteiger partial charge in [0.1, 0.15) is 0 Å². The van der Waals surface area contributed by atoms with Crippen LogP contribution in [0.4, 0.5) is 4.79 Å². The molecule has 0 radical (unpaired) electrons. The molecule has 1 aliphatic rings. The van der Waals surface area contributed by atoms with Gasteiger partial charge >= 0.3 is 65.1 Å². The first-order chi connectivity index (χ1) is 17.5. The number of thioether (sulfide) groups is 1. The van der Waals surface area contributed by atoms with Crippen molar-refractivity contribution in [1.29, 1.82) is 0 Å². The van der Waals surface area contributed by atoms with Crippen molar-refractivity contribution >= 4 is 29.7 Å². The second-order valence-corrected chi connectivity index (χ2v) is 12.5. The number of hydrogen-bond donors (Lipinski definition) is 1. The van der Waals surface area contributed by atoms with Gasteiger partial charge < -0.3 is 30.0 Å². The van der Waals surface area contributed by atoms with Crippen molar-refractivity contribution in [3.05, 3.63) is 11.6 Å². The van der Waals surface area contributed by atoms with E-state index in [1.165, 1.54) is 62.3 Å². The van der Waals surface area contributed by atoms with Crippen molar-refractivity contribution in [3.8, 4) is 0 Å². The van der Waals surface area contributed by atoms with E-state index >= 15 is 0 Å². The Morgan fingerprint density at radius 2 is 1.51 bits per heavy atom. The Morgan fingerprint density at radius 1 is 0.949 bits per heavy atom. The summed E-state index contributed by atoms with van der Waals surface area (Å²) in [6.07, 6.45) is 14.4. The third-order valence-corrected chi connectivity index (χ3v) is 8.31. The van der Waals surface area contributed by atoms with Gasteiger partial charge in [0.2, 0.25) is 0 Å². The molecule has 0 spiro atoms. The first-order valence-corrected chi connectivity index (χ1v) is 15.4. The van der Waals surface area contributed by atoms with Crippen LogP contribution in [0.5, 0.6) is 0 Å². The average molecular weight is 585 g/mol. The number of nitrogens with one attached hydrogen (secondary N) is 1. The number of likely N-dealkylation sites (tertiary alicyclic amines) is 1. The van der Waals surface area contributed by atoms with Crippen molar-refractivity contribution < 1.29 is 83.7 Å². The molecule has 1 saturated heterocycles. The van der Waals surface area contributed by atoms with Gasteiger partial charge in [-0.15, -0.1) is 0 Å². The first kappa shape index (κ1) is 41.4. The summed E-state index contributed by atoms with van der Waals surface area (Å²) in [5, 5.41) is 25.1. The van der Waals surface area contributed by atoms with E-state index in [0.717, 1.165) is 35.5 Å². The fourth-order valence-electron chi connectivity index (χ4n) is 4.85. The standard InChI is InChI=1S/C29H52N2O5S.2Na/c1-21(2)10-6-11-22(3)12-7-13-23(4)14-8-15-24(5)17-19-37-20-25(27(32)33)30-29(36)31-18-9-16-26(31)28(34)35;;/h17,21-23,25-26H,6-16,18-20H2,1-5H3,(H,30,36)(H,32,33)(H,34,35);;/q;2*+1/p-2/b24-17+;;. The second kappa shape index (κ2) is 23.8. The van der Waals surface area contributed by atoms with E-state index in [2.05, 4.69) is 46.0 Å². The number of carbonyl (C=O) groups is 3. The van der Waals surface area contributed by atoms with E-state index in [9.17, 15) is 24.6 Å². The molecule has 0 aliphatic carbocycles. The third kappa shape index (κ3) is 19.2. The van der Waals surface area contributed by atoms with Crippen LogP contribution in [-0.4, -0.2) is 53.0 Å². The molecule has 10 heteroatoms. The Hall–Kier alpha value is 0.300.